The Morgan fingerprint density at radius 3 is 2.32 bits per heavy atom. The second-order valence-corrected chi connectivity index (χ2v) is 5.93. The fourth-order valence-corrected chi connectivity index (χ4v) is 2.66. The highest BCUT2D eigenvalue weighted by atomic mass is 16.1. The summed E-state index contributed by atoms with van der Waals surface area (Å²) < 4.78 is 1.77. The number of carbonyl (C=O) groups is 2. The van der Waals surface area contributed by atoms with Gasteiger partial charge in [-0.2, -0.15) is 5.10 Å². The molecule has 1 aromatic heterocycles. The van der Waals surface area contributed by atoms with Gasteiger partial charge < -0.3 is 5.32 Å². The van der Waals surface area contributed by atoms with Crippen molar-refractivity contribution in [3.05, 3.63) is 77.1 Å². The van der Waals surface area contributed by atoms with Crippen molar-refractivity contribution in [1.82, 2.24) is 9.78 Å². The third-order valence-electron chi connectivity index (χ3n) is 4.15. The van der Waals surface area contributed by atoms with Gasteiger partial charge in [-0.15, -0.1) is 0 Å². The van der Waals surface area contributed by atoms with Gasteiger partial charge in [-0.1, -0.05) is 18.2 Å². The van der Waals surface area contributed by atoms with Gasteiger partial charge in [0.2, 0.25) is 0 Å². The van der Waals surface area contributed by atoms with E-state index in [2.05, 4.69) is 10.4 Å². The number of aromatic nitrogens is 2. The van der Waals surface area contributed by atoms with Gasteiger partial charge in [0.1, 0.15) is 0 Å². The average Bonchev–Trinajstić information content (AvgIpc) is 2.97. The van der Waals surface area contributed by atoms with Crippen molar-refractivity contribution >= 4 is 17.4 Å². The largest absolute Gasteiger partial charge is 0.322 e. The Morgan fingerprint density at radius 1 is 1.00 bits per heavy atom. The predicted octanol–water partition coefficient (Wildman–Crippen LogP) is 3.94. The van der Waals surface area contributed by atoms with Gasteiger partial charge in [-0.05, 0) is 56.7 Å². The van der Waals surface area contributed by atoms with Gasteiger partial charge in [0.15, 0.2) is 5.78 Å². The Hall–Kier alpha value is -3.21. The minimum absolute atomic E-state index is 0.00627. The van der Waals surface area contributed by atoms with Gasteiger partial charge in [0, 0.05) is 11.3 Å². The van der Waals surface area contributed by atoms with E-state index in [1.165, 1.54) is 6.92 Å². The molecule has 0 atom stereocenters. The summed E-state index contributed by atoms with van der Waals surface area (Å²) in [7, 11) is 0. The number of anilines is 1. The zero-order chi connectivity index (χ0) is 18.0. The molecular weight excluding hydrogens is 314 g/mol. The number of nitrogens with zero attached hydrogens (tertiary/aromatic N) is 2. The van der Waals surface area contributed by atoms with Crippen LogP contribution in [0.15, 0.2) is 54.7 Å². The lowest BCUT2D eigenvalue weighted by atomic mass is 10.1. The van der Waals surface area contributed by atoms with Crippen LogP contribution in [0.2, 0.25) is 0 Å². The van der Waals surface area contributed by atoms with Crippen molar-refractivity contribution in [2.24, 2.45) is 0 Å². The first-order valence-electron chi connectivity index (χ1n) is 8.00. The number of Topliss-reactive ketones (excluding diaryl/α,β-unsaturated/α-hetero) is 1. The van der Waals surface area contributed by atoms with E-state index < -0.39 is 0 Å². The normalized spacial score (nSPS) is 10.5. The molecule has 0 fully saturated rings. The Morgan fingerprint density at radius 2 is 1.68 bits per heavy atom. The fourth-order valence-electron chi connectivity index (χ4n) is 2.66. The van der Waals surface area contributed by atoms with Crippen LogP contribution in [-0.2, 0) is 0 Å². The molecule has 1 heterocycles. The highest BCUT2D eigenvalue weighted by Crippen LogP contribution is 2.19. The van der Waals surface area contributed by atoms with Crippen molar-refractivity contribution in [1.29, 1.82) is 0 Å². The van der Waals surface area contributed by atoms with Crippen LogP contribution in [0.25, 0.3) is 5.69 Å². The first-order chi connectivity index (χ1) is 12.0. The fraction of sp³-hybridized carbons (Fsp3) is 0.150. The van der Waals surface area contributed by atoms with Gasteiger partial charge in [-0.3, -0.25) is 9.59 Å². The lowest BCUT2D eigenvalue weighted by Gasteiger charge is -2.09. The van der Waals surface area contributed by atoms with Crippen LogP contribution in [0.5, 0.6) is 0 Å². The van der Waals surface area contributed by atoms with E-state index in [1.54, 1.807) is 35.1 Å². The number of nitrogens with one attached hydrogen (secondary N) is 1. The van der Waals surface area contributed by atoms with Crippen molar-refractivity contribution < 1.29 is 9.59 Å². The average molecular weight is 333 g/mol. The maximum absolute atomic E-state index is 12.6. The molecule has 0 unspecified atom stereocenters. The summed E-state index contributed by atoms with van der Waals surface area (Å²) in [6.07, 6.45) is 1.57. The molecule has 0 bridgehead atoms. The van der Waals surface area contributed by atoms with Gasteiger partial charge in [-0.25, -0.2) is 4.68 Å². The summed E-state index contributed by atoms with van der Waals surface area (Å²) in [5.74, 6) is -0.235. The van der Waals surface area contributed by atoms with Crippen LogP contribution in [0.1, 0.15) is 38.9 Å². The Balaban J connectivity index is 1.84. The molecule has 3 aromatic rings. The molecule has 5 nitrogen and oxygen atoms in total. The lowest BCUT2D eigenvalue weighted by molar-refractivity contribution is 0.101. The van der Waals surface area contributed by atoms with Crippen molar-refractivity contribution in [2.45, 2.75) is 20.8 Å². The number of para-hydroxylation sites is 1. The zero-order valence-electron chi connectivity index (χ0n) is 14.4. The predicted molar refractivity (Wildman–Crippen MR) is 97.4 cm³/mol. The summed E-state index contributed by atoms with van der Waals surface area (Å²) in [6, 6.07) is 14.7. The Bertz CT molecular complexity index is 940. The quantitative estimate of drug-likeness (QED) is 0.735. The number of benzene rings is 2. The van der Waals surface area contributed by atoms with E-state index in [4.69, 9.17) is 0 Å². The van der Waals surface area contributed by atoms with Gasteiger partial charge in [0.05, 0.1) is 23.1 Å². The summed E-state index contributed by atoms with van der Waals surface area (Å²) >= 11 is 0. The van der Waals surface area contributed by atoms with Crippen LogP contribution in [0.3, 0.4) is 0 Å². The molecule has 0 radical (unpaired) electrons. The van der Waals surface area contributed by atoms with E-state index in [1.807, 2.05) is 38.1 Å². The number of aryl methyl sites for hydroxylation is 1. The molecule has 0 saturated heterocycles. The maximum atomic E-state index is 12.6. The van der Waals surface area contributed by atoms with Crippen LogP contribution >= 0.6 is 0 Å². The van der Waals surface area contributed by atoms with Crippen LogP contribution in [-0.4, -0.2) is 21.5 Å². The number of rotatable bonds is 4. The van der Waals surface area contributed by atoms with Crippen molar-refractivity contribution in [3.8, 4) is 5.69 Å². The summed E-state index contributed by atoms with van der Waals surface area (Å²) in [5, 5.41) is 7.20. The Labute approximate surface area is 146 Å². The van der Waals surface area contributed by atoms with Crippen molar-refractivity contribution in [2.75, 3.05) is 5.32 Å². The molecule has 0 aliphatic heterocycles. The van der Waals surface area contributed by atoms with E-state index in [0.717, 1.165) is 16.9 Å². The molecule has 25 heavy (non-hydrogen) atoms. The highest BCUT2D eigenvalue weighted by molar-refractivity contribution is 6.05. The molecule has 126 valence electrons. The van der Waals surface area contributed by atoms with Crippen LogP contribution in [0, 0.1) is 13.8 Å². The van der Waals surface area contributed by atoms with Crippen LogP contribution < -0.4 is 5.32 Å². The molecule has 3 rings (SSSR count). The number of hydrogen-bond acceptors (Lipinski definition) is 3. The summed E-state index contributed by atoms with van der Waals surface area (Å²) in [5.41, 5.74) is 4.57. The van der Waals surface area contributed by atoms with E-state index in [9.17, 15) is 9.59 Å². The third-order valence-corrected chi connectivity index (χ3v) is 4.15. The van der Waals surface area contributed by atoms with Crippen LogP contribution in [0.4, 0.5) is 5.69 Å². The molecule has 0 aliphatic carbocycles. The topological polar surface area (TPSA) is 64.0 Å². The molecule has 0 saturated carbocycles. The van der Waals surface area contributed by atoms with Gasteiger partial charge in [0.25, 0.3) is 5.91 Å². The standard InChI is InChI=1S/C20H19N3O2/c1-13-6-4-5-7-19(13)23-14(2)18(12-21-23)20(25)22-17-10-8-16(9-11-17)15(3)24/h4-12H,1-3H3,(H,22,25). The van der Waals surface area contributed by atoms with E-state index in [0.29, 0.717) is 16.8 Å². The second kappa shape index (κ2) is 6.73. The first-order valence-corrected chi connectivity index (χ1v) is 8.00. The smallest absolute Gasteiger partial charge is 0.259 e. The number of hydrogen-bond donors (Lipinski definition) is 1. The molecule has 0 aliphatic rings. The number of carbonyl (C=O) groups excluding carboxylic acids is 2. The molecule has 2 aromatic carbocycles. The summed E-state index contributed by atoms with van der Waals surface area (Å²) in [4.78, 5) is 23.9. The zero-order valence-corrected chi connectivity index (χ0v) is 14.4. The molecule has 5 heteroatoms. The first kappa shape index (κ1) is 16.6. The monoisotopic (exact) mass is 333 g/mol. The van der Waals surface area contributed by atoms with Crippen molar-refractivity contribution in [3.63, 3.8) is 0 Å². The molecule has 1 amide bonds. The minimum atomic E-state index is -0.229. The maximum Gasteiger partial charge on any atom is 0.259 e. The third kappa shape index (κ3) is 3.35. The molecule has 0 spiro atoms. The van der Waals surface area contributed by atoms with E-state index in [-0.39, 0.29) is 11.7 Å². The Kier molecular flexibility index (Phi) is 4.48. The summed E-state index contributed by atoms with van der Waals surface area (Å²) in [6.45, 7) is 5.39. The number of amides is 1. The SMILES string of the molecule is CC(=O)c1ccc(NC(=O)c2cnn(-c3ccccc3C)c2C)cc1. The molecular formula is C20H19N3O2. The van der Waals surface area contributed by atoms with Gasteiger partial charge >= 0.3 is 0 Å². The molecule has 1 N–H and O–H groups in total. The second-order valence-electron chi connectivity index (χ2n) is 5.93. The minimum Gasteiger partial charge on any atom is -0.322 e. The number of ketones is 1. The lowest BCUT2D eigenvalue weighted by Crippen LogP contribution is -2.13. The highest BCUT2D eigenvalue weighted by Gasteiger charge is 2.16. The van der Waals surface area contributed by atoms with E-state index >= 15 is 0 Å².